The number of aromatic nitrogens is 2. The Balaban J connectivity index is 1.80. The van der Waals surface area contributed by atoms with Crippen molar-refractivity contribution in [3.05, 3.63) is 57.6 Å². The van der Waals surface area contributed by atoms with E-state index < -0.39 is 6.23 Å². The number of rotatable bonds is 3. The molecule has 0 radical (unpaired) electrons. The summed E-state index contributed by atoms with van der Waals surface area (Å²) in [4.78, 5) is 20.1. The van der Waals surface area contributed by atoms with E-state index >= 15 is 0 Å². The van der Waals surface area contributed by atoms with E-state index in [0.29, 0.717) is 10.9 Å². The summed E-state index contributed by atoms with van der Waals surface area (Å²) in [5, 5.41) is 11.6. The minimum atomic E-state index is -0.885. The Kier molecular flexibility index (Phi) is 3.77. The zero-order valence-corrected chi connectivity index (χ0v) is 14.3. The van der Waals surface area contributed by atoms with Gasteiger partial charge >= 0.3 is 0 Å². The Hall–Kier alpha value is -2.73. The highest BCUT2D eigenvalue weighted by molar-refractivity contribution is 5.85. The summed E-state index contributed by atoms with van der Waals surface area (Å²) in [6, 6.07) is 5.89. The number of aliphatic hydroxyl groups is 1. The van der Waals surface area contributed by atoms with E-state index in [1.165, 1.54) is 0 Å². The number of anilines is 1. The quantitative estimate of drug-likeness (QED) is 0.685. The van der Waals surface area contributed by atoms with Crippen LogP contribution in [0.3, 0.4) is 0 Å². The first-order chi connectivity index (χ1) is 12.1. The minimum Gasteiger partial charge on any atom is -0.497 e. The van der Waals surface area contributed by atoms with E-state index in [1.807, 2.05) is 30.0 Å². The summed E-state index contributed by atoms with van der Waals surface area (Å²) in [5.41, 5.74) is 4.25. The fourth-order valence-corrected chi connectivity index (χ4v) is 3.67. The van der Waals surface area contributed by atoms with Crippen molar-refractivity contribution in [1.29, 1.82) is 0 Å². The highest BCUT2D eigenvalue weighted by Gasteiger charge is 2.27. The molecule has 4 rings (SSSR count). The van der Waals surface area contributed by atoms with Crippen molar-refractivity contribution in [2.75, 3.05) is 18.6 Å². The smallest absolute Gasteiger partial charge is 0.257 e. The molecular formula is C19H21N3O3. The maximum Gasteiger partial charge on any atom is 0.257 e. The lowest BCUT2D eigenvalue weighted by Crippen LogP contribution is -2.33. The van der Waals surface area contributed by atoms with Gasteiger partial charge in [0.1, 0.15) is 5.75 Å². The fraction of sp³-hybridized carbons (Fsp3) is 0.316. The topological polar surface area (TPSA) is 81.3 Å². The van der Waals surface area contributed by atoms with E-state index in [1.54, 1.807) is 19.5 Å². The Morgan fingerprint density at radius 3 is 2.92 bits per heavy atom. The highest BCUT2D eigenvalue weighted by atomic mass is 16.5. The van der Waals surface area contributed by atoms with Crippen LogP contribution in [-0.4, -0.2) is 28.7 Å². The number of hydrogen-bond acceptors (Lipinski definition) is 4. The standard InChI is InChI=1S/C19H21N3O3/c1-11-9-21-18(23)16-14(10-20-17(11)16)19(24)22-7-3-4-12-8-13(25-2)5-6-15(12)22/h5-6,8-10,19-20,24H,3-4,7H2,1-2H3,(H,21,23). The van der Waals surface area contributed by atoms with Crippen LogP contribution in [0.5, 0.6) is 5.75 Å². The van der Waals surface area contributed by atoms with Gasteiger partial charge in [-0.3, -0.25) is 4.79 Å². The highest BCUT2D eigenvalue weighted by Crippen LogP contribution is 2.36. The molecule has 0 saturated heterocycles. The van der Waals surface area contributed by atoms with Crippen molar-refractivity contribution < 1.29 is 9.84 Å². The van der Waals surface area contributed by atoms with E-state index in [2.05, 4.69) is 9.97 Å². The summed E-state index contributed by atoms with van der Waals surface area (Å²) in [6.45, 7) is 2.66. The molecule has 0 bridgehead atoms. The molecule has 1 atom stereocenters. The Morgan fingerprint density at radius 1 is 1.28 bits per heavy atom. The van der Waals surface area contributed by atoms with Gasteiger partial charge in [-0.15, -0.1) is 0 Å². The molecule has 0 amide bonds. The average Bonchev–Trinajstić information content (AvgIpc) is 3.09. The van der Waals surface area contributed by atoms with E-state index in [9.17, 15) is 9.90 Å². The third kappa shape index (κ3) is 2.49. The van der Waals surface area contributed by atoms with E-state index in [4.69, 9.17) is 4.74 Å². The first-order valence-corrected chi connectivity index (χ1v) is 8.41. The zero-order chi connectivity index (χ0) is 17.6. The molecule has 6 nitrogen and oxygen atoms in total. The van der Waals surface area contributed by atoms with Gasteiger partial charge in [-0.25, -0.2) is 0 Å². The molecule has 1 aliphatic heterocycles. The third-order valence-corrected chi connectivity index (χ3v) is 4.97. The first kappa shape index (κ1) is 15.8. The predicted octanol–water partition coefficient (Wildman–Crippen LogP) is 2.62. The van der Waals surface area contributed by atoms with Crippen molar-refractivity contribution in [1.82, 2.24) is 9.97 Å². The summed E-state index contributed by atoms with van der Waals surface area (Å²) < 4.78 is 5.30. The van der Waals surface area contributed by atoms with E-state index in [0.717, 1.165) is 47.5 Å². The monoisotopic (exact) mass is 339 g/mol. The van der Waals surface area contributed by atoms with Gasteiger partial charge in [0.2, 0.25) is 0 Å². The molecule has 0 aliphatic carbocycles. The van der Waals surface area contributed by atoms with Crippen molar-refractivity contribution in [3.63, 3.8) is 0 Å². The van der Waals surface area contributed by atoms with Crippen LogP contribution in [0.15, 0.2) is 35.4 Å². The van der Waals surface area contributed by atoms with Gasteiger partial charge in [0, 0.05) is 30.2 Å². The van der Waals surface area contributed by atoms with Crippen LogP contribution in [0.25, 0.3) is 10.9 Å². The van der Waals surface area contributed by atoms with Crippen LogP contribution in [-0.2, 0) is 6.42 Å². The van der Waals surface area contributed by atoms with Crippen molar-refractivity contribution in [2.24, 2.45) is 0 Å². The third-order valence-electron chi connectivity index (χ3n) is 4.97. The minimum absolute atomic E-state index is 0.192. The number of aliphatic hydroxyl groups excluding tert-OH is 1. The maximum atomic E-state index is 12.3. The van der Waals surface area contributed by atoms with Crippen molar-refractivity contribution >= 4 is 16.6 Å². The van der Waals surface area contributed by atoms with Gasteiger partial charge in [-0.2, -0.15) is 0 Å². The van der Waals surface area contributed by atoms with Crippen LogP contribution >= 0.6 is 0 Å². The predicted molar refractivity (Wildman–Crippen MR) is 97.3 cm³/mol. The maximum absolute atomic E-state index is 12.3. The second-order valence-electron chi connectivity index (χ2n) is 6.46. The number of methoxy groups -OCH3 is 1. The number of fused-ring (bicyclic) bond motifs is 2. The Bertz CT molecular complexity index is 989. The second-order valence-corrected chi connectivity index (χ2v) is 6.46. The number of benzene rings is 1. The SMILES string of the molecule is COc1ccc2c(c1)CCCN2C(O)c1c[nH]c2c(C)c[nH]c(=O)c12. The number of hydrogen-bond donors (Lipinski definition) is 3. The fourth-order valence-electron chi connectivity index (χ4n) is 3.67. The molecule has 0 spiro atoms. The molecule has 3 N–H and O–H groups in total. The number of H-pyrrole nitrogens is 2. The molecule has 6 heteroatoms. The van der Waals surface area contributed by atoms with Crippen LogP contribution in [0, 0.1) is 6.92 Å². The van der Waals surface area contributed by atoms with Crippen molar-refractivity contribution in [2.45, 2.75) is 26.0 Å². The second kappa shape index (κ2) is 5.97. The van der Waals surface area contributed by atoms with Crippen LogP contribution in [0.4, 0.5) is 5.69 Å². The van der Waals surface area contributed by atoms with E-state index in [-0.39, 0.29) is 5.56 Å². The number of nitrogens with zero attached hydrogens (tertiary/aromatic N) is 1. The molecule has 0 fully saturated rings. The number of aromatic amines is 2. The number of aryl methyl sites for hydroxylation is 2. The Labute approximate surface area is 145 Å². The van der Waals surface area contributed by atoms with Gasteiger partial charge < -0.3 is 24.7 Å². The molecular weight excluding hydrogens is 318 g/mol. The van der Waals surface area contributed by atoms with Gasteiger partial charge in [0.05, 0.1) is 18.0 Å². The van der Waals surface area contributed by atoms with Gasteiger partial charge in [0.15, 0.2) is 6.23 Å². The van der Waals surface area contributed by atoms with Crippen LogP contribution in [0.1, 0.15) is 29.3 Å². The van der Waals surface area contributed by atoms with Gasteiger partial charge in [-0.1, -0.05) is 0 Å². The Morgan fingerprint density at radius 2 is 2.12 bits per heavy atom. The molecule has 2 aromatic heterocycles. The molecule has 130 valence electrons. The lowest BCUT2D eigenvalue weighted by atomic mass is 10.00. The molecule has 1 aliphatic rings. The summed E-state index contributed by atoms with van der Waals surface area (Å²) in [6.07, 6.45) is 4.41. The summed E-state index contributed by atoms with van der Waals surface area (Å²) in [5.74, 6) is 0.814. The number of pyridine rings is 1. The summed E-state index contributed by atoms with van der Waals surface area (Å²) >= 11 is 0. The lowest BCUT2D eigenvalue weighted by molar-refractivity contribution is 0.170. The number of ether oxygens (including phenoxy) is 1. The van der Waals surface area contributed by atoms with Crippen LogP contribution < -0.4 is 15.2 Å². The molecule has 1 unspecified atom stereocenters. The zero-order valence-electron chi connectivity index (χ0n) is 14.3. The average molecular weight is 339 g/mol. The van der Waals surface area contributed by atoms with Gasteiger partial charge in [0.25, 0.3) is 5.56 Å². The normalized spacial score (nSPS) is 15.2. The lowest BCUT2D eigenvalue weighted by Gasteiger charge is -2.35. The molecule has 1 aromatic carbocycles. The summed E-state index contributed by atoms with van der Waals surface area (Å²) in [7, 11) is 1.65. The molecule has 0 saturated carbocycles. The molecule has 3 heterocycles. The van der Waals surface area contributed by atoms with Crippen LogP contribution in [0.2, 0.25) is 0 Å². The number of nitrogens with one attached hydrogen (secondary N) is 2. The van der Waals surface area contributed by atoms with Gasteiger partial charge in [-0.05, 0) is 49.1 Å². The largest absolute Gasteiger partial charge is 0.497 e. The molecule has 25 heavy (non-hydrogen) atoms. The molecule has 3 aromatic rings. The van der Waals surface area contributed by atoms with Crippen molar-refractivity contribution in [3.8, 4) is 5.75 Å². The first-order valence-electron chi connectivity index (χ1n) is 8.41.